The van der Waals surface area contributed by atoms with E-state index in [9.17, 15) is 14.4 Å². The number of urea groups is 1. The van der Waals surface area contributed by atoms with Crippen molar-refractivity contribution >= 4 is 17.8 Å². The summed E-state index contributed by atoms with van der Waals surface area (Å²) in [5.74, 6) is 0.310. The Bertz CT molecular complexity index is 681. The smallest absolute Gasteiger partial charge is 0.325 e. The Morgan fingerprint density at radius 3 is 2.45 bits per heavy atom. The first-order valence-corrected chi connectivity index (χ1v) is 11.3. The average molecular weight is 406 g/mol. The molecule has 4 unspecified atom stereocenters. The van der Waals surface area contributed by atoms with Crippen molar-refractivity contribution in [2.45, 2.75) is 98.1 Å². The number of carbonyl (C=O) groups is 3. The molecule has 0 aromatic heterocycles. The van der Waals surface area contributed by atoms with Gasteiger partial charge in [0.05, 0.1) is 0 Å². The molecule has 2 saturated carbocycles. The van der Waals surface area contributed by atoms with Crippen molar-refractivity contribution < 1.29 is 14.4 Å². The lowest BCUT2D eigenvalue weighted by molar-refractivity contribution is -0.138. The van der Waals surface area contributed by atoms with E-state index in [0.717, 1.165) is 30.6 Å². The summed E-state index contributed by atoms with van der Waals surface area (Å²) in [6.45, 7) is 12.9. The summed E-state index contributed by atoms with van der Waals surface area (Å²) in [5.41, 5.74) is -0.745. The van der Waals surface area contributed by atoms with E-state index in [1.165, 1.54) is 6.42 Å². The van der Waals surface area contributed by atoms with Crippen molar-refractivity contribution in [3.8, 4) is 0 Å². The molecule has 0 aromatic rings. The van der Waals surface area contributed by atoms with Crippen molar-refractivity contribution in [3.05, 3.63) is 0 Å². The van der Waals surface area contributed by atoms with E-state index >= 15 is 0 Å². The van der Waals surface area contributed by atoms with Gasteiger partial charge in [0.2, 0.25) is 5.91 Å². The summed E-state index contributed by atoms with van der Waals surface area (Å²) >= 11 is 0. The fourth-order valence-corrected chi connectivity index (χ4v) is 6.39. The highest BCUT2D eigenvalue weighted by atomic mass is 16.2. The van der Waals surface area contributed by atoms with E-state index < -0.39 is 11.6 Å². The van der Waals surface area contributed by atoms with Crippen molar-refractivity contribution in [3.63, 3.8) is 0 Å². The highest BCUT2D eigenvalue weighted by molar-refractivity contribution is 6.09. The number of hydrogen-bond acceptors (Lipinski definition) is 3. The van der Waals surface area contributed by atoms with Crippen LogP contribution in [0, 0.1) is 22.7 Å². The van der Waals surface area contributed by atoms with Gasteiger partial charge in [0.25, 0.3) is 5.91 Å². The highest BCUT2D eigenvalue weighted by Gasteiger charge is 2.56. The van der Waals surface area contributed by atoms with Crippen LogP contribution in [0.1, 0.15) is 86.5 Å². The molecule has 0 bridgehead atoms. The number of hydrogen-bond donors (Lipinski definition) is 2. The minimum absolute atomic E-state index is 0.0130. The van der Waals surface area contributed by atoms with Gasteiger partial charge < -0.3 is 10.6 Å². The Kier molecular flexibility index (Phi) is 5.78. The summed E-state index contributed by atoms with van der Waals surface area (Å²) in [4.78, 5) is 39.8. The second-order valence-electron chi connectivity index (χ2n) is 11.7. The van der Waals surface area contributed by atoms with Crippen LogP contribution in [0.5, 0.6) is 0 Å². The fourth-order valence-electron chi connectivity index (χ4n) is 6.39. The van der Waals surface area contributed by atoms with Crippen molar-refractivity contribution in [2.75, 3.05) is 6.54 Å². The summed E-state index contributed by atoms with van der Waals surface area (Å²) in [7, 11) is 0. The zero-order chi connectivity index (χ0) is 21.6. The monoisotopic (exact) mass is 405 g/mol. The molecule has 0 radical (unpaired) electrons. The molecule has 6 nitrogen and oxygen atoms in total. The lowest BCUT2D eigenvalue weighted by Crippen LogP contribution is -2.54. The molecule has 6 heteroatoms. The summed E-state index contributed by atoms with van der Waals surface area (Å²) < 4.78 is 0. The van der Waals surface area contributed by atoms with Gasteiger partial charge in [-0.3, -0.25) is 14.5 Å². The minimum atomic E-state index is -0.850. The predicted octanol–water partition coefficient (Wildman–Crippen LogP) is 3.84. The lowest BCUT2D eigenvalue weighted by Gasteiger charge is -2.43. The first-order chi connectivity index (χ1) is 13.3. The van der Waals surface area contributed by atoms with Gasteiger partial charge in [-0.15, -0.1) is 0 Å². The average Bonchev–Trinajstić information content (AvgIpc) is 2.76. The third kappa shape index (κ3) is 4.61. The maximum Gasteiger partial charge on any atom is 0.325 e. The first-order valence-electron chi connectivity index (χ1n) is 11.3. The number of nitrogens with zero attached hydrogens (tertiary/aromatic N) is 1. The largest absolute Gasteiger partial charge is 0.352 e. The van der Waals surface area contributed by atoms with Gasteiger partial charge in [-0.05, 0) is 54.8 Å². The Morgan fingerprint density at radius 1 is 1.17 bits per heavy atom. The zero-order valence-electron chi connectivity index (χ0n) is 19.1. The summed E-state index contributed by atoms with van der Waals surface area (Å²) in [5, 5.41) is 6.10. The van der Waals surface area contributed by atoms with E-state index in [0.29, 0.717) is 24.7 Å². The van der Waals surface area contributed by atoms with Crippen LogP contribution in [0.2, 0.25) is 0 Å². The maximum atomic E-state index is 13.2. The SMILES string of the molecule is CC1CC(C)(C)CC2(C1)NC(=O)N(CC(=O)NC1CCCCC1C(C)(C)C)C2=O. The number of amides is 4. The van der Waals surface area contributed by atoms with E-state index in [1.807, 2.05) is 0 Å². The highest BCUT2D eigenvalue weighted by Crippen LogP contribution is 2.46. The molecule has 1 heterocycles. The molecule has 2 aliphatic carbocycles. The molecule has 164 valence electrons. The topological polar surface area (TPSA) is 78.5 Å². The van der Waals surface area contributed by atoms with E-state index in [1.54, 1.807) is 0 Å². The molecule has 0 aromatic carbocycles. The molecule has 29 heavy (non-hydrogen) atoms. The van der Waals surface area contributed by atoms with E-state index in [-0.39, 0.29) is 35.2 Å². The van der Waals surface area contributed by atoms with Gasteiger partial charge in [-0.1, -0.05) is 54.4 Å². The van der Waals surface area contributed by atoms with Gasteiger partial charge in [0.1, 0.15) is 12.1 Å². The quantitative estimate of drug-likeness (QED) is 0.700. The summed E-state index contributed by atoms with van der Waals surface area (Å²) in [6.07, 6.45) is 6.68. The van der Waals surface area contributed by atoms with Crippen LogP contribution < -0.4 is 10.6 Å². The molecule has 3 rings (SSSR count). The fraction of sp³-hybridized carbons (Fsp3) is 0.870. The normalized spacial score (nSPS) is 35.0. The van der Waals surface area contributed by atoms with Crippen molar-refractivity contribution in [1.82, 2.24) is 15.5 Å². The molecular formula is C23H39N3O3. The third-order valence-electron chi connectivity index (χ3n) is 7.15. The molecule has 1 aliphatic heterocycles. The van der Waals surface area contributed by atoms with Crippen LogP contribution in [0.25, 0.3) is 0 Å². The van der Waals surface area contributed by atoms with Crippen LogP contribution in [-0.2, 0) is 9.59 Å². The van der Waals surface area contributed by atoms with Gasteiger partial charge in [-0.25, -0.2) is 4.79 Å². The standard InChI is InChI=1S/C23H39N3O3/c1-15-11-22(5,6)14-23(12-15)19(28)26(20(29)25-23)13-18(27)24-17-10-8-7-9-16(17)21(2,3)4/h15-17H,7-14H2,1-6H3,(H,24,27)(H,25,29). The maximum absolute atomic E-state index is 13.2. The van der Waals surface area contributed by atoms with Crippen LogP contribution in [0.3, 0.4) is 0 Å². The van der Waals surface area contributed by atoms with Gasteiger partial charge in [-0.2, -0.15) is 0 Å². The van der Waals surface area contributed by atoms with Gasteiger partial charge in [0.15, 0.2) is 0 Å². The number of nitrogens with one attached hydrogen (secondary N) is 2. The molecule has 4 amide bonds. The molecule has 1 saturated heterocycles. The molecule has 3 aliphatic rings. The van der Waals surface area contributed by atoms with Crippen LogP contribution in [0.4, 0.5) is 4.79 Å². The predicted molar refractivity (Wildman–Crippen MR) is 113 cm³/mol. The minimum Gasteiger partial charge on any atom is -0.352 e. The summed E-state index contributed by atoms with van der Waals surface area (Å²) in [6, 6.07) is -0.314. The molecule has 4 atom stereocenters. The third-order valence-corrected chi connectivity index (χ3v) is 7.15. The van der Waals surface area contributed by atoms with Crippen LogP contribution >= 0.6 is 0 Å². The van der Waals surface area contributed by atoms with Crippen molar-refractivity contribution in [1.29, 1.82) is 0 Å². The van der Waals surface area contributed by atoms with Crippen LogP contribution in [0.15, 0.2) is 0 Å². The molecular weight excluding hydrogens is 366 g/mol. The Hall–Kier alpha value is -1.59. The van der Waals surface area contributed by atoms with E-state index in [4.69, 9.17) is 0 Å². The molecule has 2 N–H and O–H groups in total. The van der Waals surface area contributed by atoms with Crippen LogP contribution in [-0.4, -0.2) is 40.9 Å². The van der Waals surface area contributed by atoms with Gasteiger partial charge >= 0.3 is 6.03 Å². The molecule has 3 fully saturated rings. The molecule has 1 spiro atoms. The Morgan fingerprint density at radius 2 is 1.83 bits per heavy atom. The second-order valence-corrected chi connectivity index (χ2v) is 11.7. The number of imide groups is 1. The van der Waals surface area contributed by atoms with Gasteiger partial charge in [0, 0.05) is 6.04 Å². The lowest BCUT2D eigenvalue weighted by atomic mass is 9.64. The Balaban J connectivity index is 1.68. The first kappa shape index (κ1) is 22.1. The second kappa shape index (κ2) is 7.59. The number of rotatable bonds is 3. The van der Waals surface area contributed by atoms with Crippen molar-refractivity contribution in [2.24, 2.45) is 22.7 Å². The van der Waals surface area contributed by atoms with E-state index in [2.05, 4.69) is 52.2 Å². The zero-order valence-corrected chi connectivity index (χ0v) is 19.1. The Labute approximate surface area is 175 Å². The number of carbonyl (C=O) groups excluding carboxylic acids is 3.